The van der Waals surface area contributed by atoms with E-state index in [-0.39, 0.29) is 75.5 Å². The van der Waals surface area contributed by atoms with E-state index in [0.29, 0.717) is 12.8 Å². The normalized spacial score (nSPS) is 53.8. The number of rotatable bonds is 11. The summed E-state index contributed by atoms with van der Waals surface area (Å²) in [4.78, 5) is 12.6. The molecule has 0 bridgehead atoms. The second-order valence-electron chi connectivity index (χ2n) is 26.0. The Morgan fingerprint density at radius 1 is 0.680 bits per heavy atom. The van der Waals surface area contributed by atoms with Crippen LogP contribution in [-0.2, 0) is 42.7 Å². The zero-order valence-corrected chi connectivity index (χ0v) is 44.8. The van der Waals surface area contributed by atoms with E-state index in [1.54, 1.807) is 6.92 Å². The van der Waals surface area contributed by atoms with Crippen LogP contribution in [0.4, 0.5) is 0 Å². The summed E-state index contributed by atoms with van der Waals surface area (Å²) >= 11 is 0. The molecule has 9 rings (SSSR count). The van der Waals surface area contributed by atoms with Gasteiger partial charge in [0.15, 0.2) is 30.7 Å². The minimum atomic E-state index is -2.09. The molecule has 0 unspecified atom stereocenters. The van der Waals surface area contributed by atoms with Crippen LogP contribution in [0.15, 0.2) is 23.2 Å². The number of carboxylic acids is 1. The fraction of sp³-hybridized carbons (Fsp3) is 0.907. The van der Waals surface area contributed by atoms with Gasteiger partial charge in [-0.3, -0.25) is 0 Å². The molecular weight excluding hydrogens is 985 g/mol. The van der Waals surface area contributed by atoms with Gasteiger partial charge in [0.2, 0.25) is 6.29 Å². The highest BCUT2D eigenvalue weighted by atomic mass is 16.8. The van der Waals surface area contributed by atoms with Crippen molar-refractivity contribution >= 4 is 5.97 Å². The van der Waals surface area contributed by atoms with Gasteiger partial charge in [-0.1, -0.05) is 60.1 Å². The van der Waals surface area contributed by atoms with Gasteiger partial charge in [0, 0.05) is 17.3 Å². The molecule has 0 radical (unpaired) electrons. The fourth-order valence-corrected chi connectivity index (χ4v) is 16.4. The molecule has 12 N–H and O–H groups in total. The van der Waals surface area contributed by atoms with Gasteiger partial charge in [0.05, 0.1) is 31.5 Å². The van der Waals surface area contributed by atoms with E-state index in [1.165, 1.54) is 12.5 Å². The van der Waals surface area contributed by atoms with Crippen molar-refractivity contribution in [3.63, 3.8) is 0 Å². The van der Waals surface area contributed by atoms with Crippen molar-refractivity contribution in [3.8, 4) is 0 Å². The molecule has 0 aromatic rings. The van der Waals surface area contributed by atoms with E-state index in [2.05, 4.69) is 47.6 Å². The largest absolute Gasteiger partial charge is 0.506 e. The maximum absolute atomic E-state index is 12.6. The van der Waals surface area contributed by atoms with Crippen molar-refractivity contribution in [1.29, 1.82) is 0 Å². The van der Waals surface area contributed by atoms with Crippen molar-refractivity contribution in [2.24, 2.45) is 50.2 Å². The van der Waals surface area contributed by atoms with Gasteiger partial charge in [-0.05, 0) is 111 Å². The molecule has 5 aliphatic carbocycles. The third-order valence-corrected chi connectivity index (χ3v) is 21.2. The molecule has 4 saturated carbocycles. The number of ether oxygens (including phenoxy) is 8. The summed E-state index contributed by atoms with van der Waals surface area (Å²) in [5.74, 6) is -1.22. The van der Waals surface area contributed by atoms with E-state index in [4.69, 9.17) is 37.9 Å². The van der Waals surface area contributed by atoms with Gasteiger partial charge in [0.1, 0.15) is 72.9 Å². The molecule has 4 heterocycles. The number of hydrogen-bond acceptors (Lipinski definition) is 20. The van der Waals surface area contributed by atoms with Crippen LogP contribution >= 0.6 is 0 Å². The van der Waals surface area contributed by atoms with Crippen LogP contribution in [0.25, 0.3) is 0 Å². The molecule has 0 aromatic heterocycles. The highest BCUT2D eigenvalue weighted by Gasteiger charge is 2.70. The number of aliphatic carboxylic acids is 1. The Kier molecular flexibility index (Phi) is 15.7. The molecular formula is C54H86O21. The molecule has 4 aliphatic heterocycles. The van der Waals surface area contributed by atoms with Crippen molar-refractivity contribution in [2.45, 2.75) is 243 Å². The van der Waals surface area contributed by atoms with Crippen LogP contribution < -0.4 is 0 Å². The maximum Gasteiger partial charge on any atom is 0.335 e. The number of aliphatic hydroxyl groups is 11. The quantitative estimate of drug-likeness (QED) is 0.103. The van der Waals surface area contributed by atoms with E-state index >= 15 is 0 Å². The molecule has 21 nitrogen and oxygen atoms in total. The molecule has 3 saturated heterocycles. The number of allylic oxidation sites excluding steroid dienone is 3. The zero-order valence-electron chi connectivity index (χ0n) is 44.8. The molecule has 0 aromatic carbocycles. The van der Waals surface area contributed by atoms with E-state index in [1.807, 2.05) is 6.92 Å². The molecule has 428 valence electrons. The molecule has 75 heavy (non-hydrogen) atoms. The standard InChI is InChI=1S/C54H86O21/c1-23-34(58)27(57)18-33(68-23)71-32-20-49(3,4)19-26-25-10-11-30-51(6)14-13-31(52(7,22-56)29(51)12-15-54(30,9)53(25,8)17-16-50(26,32)5)72-48-44(40(64)39(63)42(73-48)45(66)67)75-47-43(38(62)36(60)28(21-55)70-47)74-46-41(65)37(61)35(59)24(2)69-46/h10,24,26-33,35-44,46-48,55-65H,11-22H2,1-9H3,(H,66,67)/t24-,26-,27+,28+,29+,30+,31-,32+,33+,35-,36-,37+,38-,39-,40-,41+,42-,43+,44+,46-,47-,48+,50+,51-,52+,53+,54+/m0/s1. The van der Waals surface area contributed by atoms with Crippen LogP contribution in [0.1, 0.15) is 127 Å². The second kappa shape index (κ2) is 20.4. The van der Waals surface area contributed by atoms with Crippen LogP contribution in [0, 0.1) is 50.2 Å². The van der Waals surface area contributed by atoms with Crippen molar-refractivity contribution in [2.75, 3.05) is 13.2 Å². The van der Waals surface area contributed by atoms with Gasteiger partial charge < -0.3 is 99.2 Å². The van der Waals surface area contributed by atoms with Gasteiger partial charge in [-0.2, -0.15) is 0 Å². The molecule has 0 spiro atoms. The van der Waals surface area contributed by atoms with Gasteiger partial charge >= 0.3 is 5.97 Å². The zero-order chi connectivity index (χ0) is 54.9. The van der Waals surface area contributed by atoms with Crippen LogP contribution in [0.5, 0.6) is 0 Å². The van der Waals surface area contributed by atoms with Crippen LogP contribution in [-0.4, -0.2) is 197 Å². The lowest BCUT2D eigenvalue weighted by Gasteiger charge is -2.72. The summed E-state index contributed by atoms with van der Waals surface area (Å²) in [5.41, 5.74) is -0.428. The summed E-state index contributed by atoms with van der Waals surface area (Å²) in [6.07, 6.45) is -19.5. The first-order valence-electron chi connectivity index (χ1n) is 27.2. The van der Waals surface area contributed by atoms with Crippen LogP contribution in [0.2, 0.25) is 0 Å². The first kappa shape index (κ1) is 57.6. The van der Waals surface area contributed by atoms with E-state index in [0.717, 1.165) is 44.9 Å². The Hall–Kier alpha value is -2.13. The highest BCUT2D eigenvalue weighted by Crippen LogP contribution is 2.76. The number of aliphatic hydroxyl groups excluding tert-OH is 11. The Labute approximate surface area is 438 Å². The average Bonchev–Trinajstić information content (AvgIpc) is 3.35. The average molecular weight is 1070 g/mol. The summed E-state index contributed by atoms with van der Waals surface area (Å²) in [5, 5.41) is 130. The predicted molar refractivity (Wildman–Crippen MR) is 260 cm³/mol. The van der Waals surface area contributed by atoms with Gasteiger partial charge in [-0.25, -0.2) is 4.79 Å². The van der Waals surface area contributed by atoms with Crippen molar-refractivity contribution < 1.29 is 104 Å². The summed E-state index contributed by atoms with van der Waals surface area (Å²) in [6, 6.07) is 0. The third-order valence-electron chi connectivity index (χ3n) is 21.2. The lowest BCUT2D eigenvalue weighted by Crippen LogP contribution is -2.68. The number of fused-ring (bicyclic) bond motifs is 7. The number of hydrogen-bond donors (Lipinski definition) is 12. The predicted octanol–water partition coefficient (Wildman–Crippen LogP) is 1.63. The fourth-order valence-electron chi connectivity index (χ4n) is 16.4. The molecule has 0 amide bonds. The minimum Gasteiger partial charge on any atom is -0.506 e. The summed E-state index contributed by atoms with van der Waals surface area (Å²) in [7, 11) is 0. The van der Waals surface area contributed by atoms with Crippen molar-refractivity contribution in [1.82, 2.24) is 0 Å². The highest BCUT2D eigenvalue weighted by molar-refractivity contribution is 5.73. The summed E-state index contributed by atoms with van der Waals surface area (Å²) in [6.45, 7) is 18.0. The Bertz CT molecular complexity index is 2160. The molecule has 27 atom stereocenters. The maximum atomic E-state index is 12.6. The second-order valence-corrected chi connectivity index (χ2v) is 26.0. The smallest absolute Gasteiger partial charge is 0.335 e. The molecule has 9 aliphatic rings. The lowest BCUT2D eigenvalue weighted by molar-refractivity contribution is -0.396. The van der Waals surface area contributed by atoms with Gasteiger partial charge in [0.25, 0.3) is 0 Å². The van der Waals surface area contributed by atoms with Crippen LogP contribution in [0.3, 0.4) is 0 Å². The Balaban J connectivity index is 0.979. The number of carboxylic acid groups (broad SMARTS) is 1. The SMILES string of the molecule is CC1=C(O)[C@H](O)C[C@@H](O[C@@H]2CC(C)(C)C[C@H]3C4=CC[C@@H]5[C@@]6(C)CC[C@H](O[C@@H]7O[C@H](C(=O)O)[C@@H](O)[C@H](O)[C@H]7O[C@@H]7O[C@H](CO)[C@H](O)[C@H](O)[C@H]7O[C@@H]7O[C@@H](C)[C@H](O)[C@@H](O)[C@H]7O)[C@](C)(CO)[C@@H]6CC[C@@]5(C)[C@]4(C)CC[C@@]23C)O1. The topological polar surface area (TPSA) is 334 Å². The Morgan fingerprint density at radius 2 is 1.33 bits per heavy atom. The first-order chi connectivity index (χ1) is 35.0. The number of carbonyl (C=O) groups is 1. The summed E-state index contributed by atoms with van der Waals surface area (Å²) < 4.78 is 49.3. The first-order valence-corrected chi connectivity index (χ1v) is 27.2. The Morgan fingerprint density at radius 3 is 1.97 bits per heavy atom. The van der Waals surface area contributed by atoms with E-state index < -0.39 is 129 Å². The lowest BCUT2D eigenvalue weighted by atomic mass is 9.33. The third kappa shape index (κ3) is 9.33. The monoisotopic (exact) mass is 1070 g/mol. The molecule has 21 heteroatoms. The van der Waals surface area contributed by atoms with Crippen molar-refractivity contribution in [3.05, 3.63) is 23.2 Å². The van der Waals surface area contributed by atoms with Gasteiger partial charge in [-0.15, -0.1) is 0 Å². The van der Waals surface area contributed by atoms with E-state index in [9.17, 15) is 66.1 Å². The minimum absolute atomic E-state index is 0.0613. The molecule has 7 fully saturated rings.